The molecule has 0 aliphatic heterocycles. The summed E-state index contributed by atoms with van der Waals surface area (Å²) in [5.41, 5.74) is -0.829. The first kappa shape index (κ1) is 14.3. The largest absolute Gasteiger partial charge is 0.322 e. The Morgan fingerprint density at radius 2 is 1.88 bits per heavy atom. The maximum atomic E-state index is 11.8. The van der Waals surface area contributed by atoms with Gasteiger partial charge in [-0.05, 0) is 26.0 Å². The summed E-state index contributed by atoms with van der Waals surface area (Å²) < 4.78 is 0.713. The molecular weight excluding hydrogens is 327 g/mol. The maximum absolute atomic E-state index is 11.8. The van der Waals surface area contributed by atoms with Gasteiger partial charge in [-0.2, -0.15) is 5.26 Å². The van der Waals surface area contributed by atoms with Gasteiger partial charge in [0.1, 0.15) is 5.41 Å². The second-order valence-electron chi connectivity index (χ2n) is 3.94. The standard InChI is InChI=1S/C11H9BrCl2N2O/c1-11(2,5-15)10(17)16-9-7(13)3-6(12)4-8(9)14/h3-4H,1-2H3,(H,16,17). The van der Waals surface area contributed by atoms with Crippen molar-refractivity contribution >= 4 is 50.7 Å². The monoisotopic (exact) mass is 334 g/mol. The number of hydrogen-bond acceptors (Lipinski definition) is 2. The number of halogens is 3. The van der Waals surface area contributed by atoms with Crippen LogP contribution in [0.5, 0.6) is 0 Å². The van der Waals surface area contributed by atoms with Gasteiger partial charge in [-0.3, -0.25) is 4.79 Å². The van der Waals surface area contributed by atoms with E-state index in [0.717, 1.165) is 0 Å². The van der Waals surface area contributed by atoms with Gasteiger partial charge in [-0.25, -0.2) is 0 Å². The van der Waals surface area contributed by atoms with E-state index in [1.165, 1.54) is 13.8 Å². The molecule has 3 nitrogen and oxygen atoms in total. The molecule has 0 saturated heterocycles. The molecular formula is C11H9BrCl2N2O. The number of nitrogens with zero attached hydrogens (tertiary/aromatic N) is 1. The van der Waals surface area contributed by atoms with E-state index in [4.69, 9.17) is 28.5 Å². The average molecular weight is 336 g/mol. The van der Waals surface area contributed by atoms with Crippen LogP contribution in [0.15, 0.2) is 16.6 Å². The van der Waals surface area contributed by atoms with E-state index in [9.17, 15) is 4.79 Å². The van der Waals surface area contributed by atoms with Crippen LogP contribution in [-0.2, 0) is 4.79 Å². The number of anilines is 1. The van der Waals surface area contributed by atoms with E-state index < -0.39 is 11.3 Å². The summed E-state index contributed by atoms with van der Waals surface area (Å²) in [4.78, 5) is 11.8. The van der Waals surface area contributed by atoms with Gasteiger partial charge >= 0.3 is 0 Å². The number of rotatable bonds is 2. The van der Waals surface area contributed by atoms with Crippen LogP contribution in [0.4, 0.5) is 5.69 Å². The van der Waals surface area contributed by atoms with E-state index >= 15 is 0 Å². The number of carbonyl (C=O) groups excluding carboxylic acids is 1. The summed E-state index contributed by atoms with van der Waals surface area (Å²) >= 11 is 15.2. The normalized spacial score (nSPS) is 10.8. The van der Waals surface area contributed by atoms with Crippen molar-refractivity contribution in [3.05, 3.63) is 26.7 Å². The minimum Gasteiger partial charge on any atom is -0.322 e. The number of amides is 1. The molecule has 0 radical (unpaired) electrons. The number of carbonyl (C=O) groups is 1. The average Bonchev–Trinajstić information content (AvgIpc) is 2.22. The van der Waals surface area contributed by atoms with Gasteiger partial charge in [-0.1, -0.05) is 39.1 Å². The lowest BCUT2D eigenvalue weighted by atomic mass is 9.94. The first-order valence-corrected chi connectivity index (χ1v) is 6.20. The third-order valence-electron chi connectivity index (χ3n) is 2.09. The van der Waals surface area contributed by atoms with E-state index in [-0.39, 0.29) is 0 Å². The summed E-state index contributed by atoms with van der Waals surface area (Å²) in [6.45, 7) is 3.03. The molecule has 1 rings (SSSR count). The molecule has 1 aromatic carbocycles. The highest BCUT2D eigenvalue weighted by molar-refractivity contribution is 9.10. The van der Waals surface area contributed by atoms with Crippen LogP contribution in [-0.4, -0.2) is 5.91 Å². The molecule has 6 heteroatoms. The third-order valence-corrected chi connectivity index (χ3v) is 3.15. The molecule has 0 bridgehead atoms. The Bertz CT molecular complexity index is 486. The first-order chi connectivity index (χ1) is 7.77. The first-order valence-electron chi connectivity index (χ1n) is 4.65. The van der Waals surface area contributed by atoms with Crippen molar-refractivity contribution in [1.82, 2.24) is 0 Å². The van der Waals surface area contributed by atoms with Crippen molar-refractivity contribution in [1.29, 1.82) is 5.26 Å². The predicted octanol–water partition coefficient (Wildman–Crippen LogP) is 4.24. The zero-order valence-electron chi connectivity index (χ0n) is 9.14. The summed E-state index contributed by atoms with van der Waals surface area (Å²) in [5.74, 6) is -0.453. The van der Waals surface area contributed by atoms with Gasteiger partial charge in [-0.15, -0.1) is 0 Å². The second-order valence-corrected chi connectivity index (χ2v) is 5.67. The molecule has 0 aromatic heterocycles. The van der Waals surface area contributed by atoms with Crippen LogP contribution < -0.4 is 5.32 Å². The molecule has 17 heavy (non-hydrogen) atoms. The highest BCUT2D eigenvalue weighted by Crippen LogP contribution is 2.34. The molecule has 0 unspecified atom stereocenters. The highest BCUT2D eigenvalue weighted by atomic mass is 79.9. The Balaban J connectivity index is 3.06. The summed E-state index contributed by atoms with van der Waals surface area (Å²) in [5, 5.41) is 12.0. The highest BCUT2D eigenvalue weighted by Gasteiger charge is 2.28. The molecule has 0 fully saturated rings. The molecule has 1 aromatic rings. The SMILES string of the molecule is CC(C)(C#N)C(=O)Nc1c(Cl)cc(Br)cc1Cl. The molecule has 0 aliphatic rings. The van der Waals surface area contributed by atoms with Crippen LogP contribution in [0.3, 0.4) is 0 Å². The number of hydrogen-bond donors (Lipinski definition) is 1. The van der Waals surface area contributed by atoms with Gasteiger partial charge in [0.2, 0.25) is 5.91 Å². The second kappa shape index (κ2) is 5.26. The fourth-order valence-electron chi connectivity index (χ4n) is 0.982. The van der Waals surface area contributed by atoms with Crippen molar-refractivity contribution < 1.29 is 4.79 Å². The molecule has 0 saturated carbocycles. The molecule has 0 heterocycles. The van der Waals surface area contributed by atoms with E-state index in [1.807, 2.05) is 6.07 Å². The van der Waals surface area contributed by atoms with Gasteiger partial charge in [0, 0.05) is 4.47 Å². The minimum atomic E-state index is -1.14. The quantitative estimate of drug-likeness (QED) is 0.878. The summed E-state index contributed by atoms with van der Waals surface area (Å²) in [6, 6.07) is 5.13. The van der Waals surface area contributed by atoms with E-state index in [2.05, 4.69) is 21.2 Å². The number of nitriles is 1. The lowest BCUT2D eigenvalue weighted by Gasteiger charge is -2.16. The van der Waals surface area contributed by atoms with Crippen molar-refractivity contribution in [2.24, 2.45) is 5.41 Å². The van der Waals surface area contributed by atoms with Gasteiger partial charge < -0.3 is 5.32 Å². The Hall–Kier alpha value is -0.760. The van der Waals surface area contributed by atoms with Gasteiger partial charge in [0.05, 0.1) is 21.8 Å². The van der Waals surface area contributed by atoms with Crippen LogP contribution in [0.1, 0.15) is 13.8 Å². The number of benzene rings is 1. The fourth-order valence-corrected chi connectivity index (χ4v) is 2.29. The van der Waals surface area contributed by atoms with Crippen LogP contribution >= 0.6 is 39.1 Å². The maximum Gasteiger partial charge on any atom is 0.244 e. The topological polar surface area (TPSA) is 52.9 Å². The third kappa shape index (κ3) is 3.35. The van der Waals surface area contributed by atoms with Crippen LogP contribution in [0, 0.1) is 16.7 Å². The van der Waals surface area contributed by atoms with E-state index in [1.54, 1.807) is 12.1 Å². The van der Waals surface area contributed by atoms with Gasteiger partial charge in [0.15, 0.2) is 0 Å². The molecule has 90 valence electrons. The zero-order chi connectivity index (χ0) is 13.2. The minimum absolute atomic E-state index is 0.310. The zero-order valence-corrected chi connectivity index (χ0v) is 12.2. The van der Waals surface area contributed by atoms with E-state index in [0.29, 0.717) is 20.2 Å². The molecule has 1 amide bonds. The van der Waals surface area contributed by atoms with Crippen LogP contribution in [0.2, 0.25) is 10.0 Å². The van der Waals surface area contributed by atoms with Gasteiger partial charge in [0.25, 0.3) is 0 Å². The summed E-state index contributed by atoms with van der Waals surface area (Å²) in [7, 11) is 0. The summed E-state index contributed by atoms with van der Waals surface area (Å²) in [6.07, 6.45) is 0. The smallest absolute Gasteiger partial charge is 0.244 e. The van der Waals surface area contributed by atoms with Crippen molar-refractivity contribution in [2.75, 3.05) is 5.32 Å². The van der Waals surface area contributed by atoms with Crippen molar-refractivity contribution in [3.63, 3.8) is 0 Å². The molecule has 1 N–H and O–H groups in total. The lowest BCUT2D eigenvalue weighted by molar-refractivity contribution is -0.121. The van der Waals surface area contributed by atoms with Crippen molar-refractivity contribution in [2.45, 2.75) is 13.8 Å². The molecule has 0 spiro atoms. The Labute approximate surface area is 118 Å². The fraction of sp³-hybridized carbons (Fsp3) is 0.273. The van der Waals surface area contributed by atoms with Crippen LogP contribution in [0.25, 0.3) is 0 Å². The molecule has 0 atom stereocenters. The Morgan fingerprint density at radius 3 is 2.29 bits per heavy atom. The van der Waals surface area contributed by atoms with Crippen molar-refractivity contribution in [3.8, 4) is 6.07 Å². The Morgan fingerprint density at radius 1 is 1.41 bits per heavy atom. The lowest BCUT2D eigenvalue weighted by Crippen LogP contribution is -2.29. The Kier molecular flexibility index (Phi) is 4.42. The molecule has 0 aliphatic carbocycles. The predicted molar refractivity (Wildman–Crippen MR) is 72.2 cm³/mol. The number of nitrogens with one attached hydrogen (secondary N) is 1.